The van der Waals surface area contributed by atoms with Crippen molar-refractivity contribution in [1.29, 1.82) is 0 Å². The SMILES string of the molecule is Cc1cc2nc(-c3ccccc3)cc(C3CCCCN3)n2n1. The van der Waals surface area contributed by atoms with Crippen molar-refractivity contribution in [3.63, 3.8) is 0 Å². The van der Waals surface area contributed by atoms with E-state index in [1.165, 1.54) is 18.5 Å². The molecule has 4 nitrogen and oxygen atoms in total. The summed E-state index contributed by atoms with van der Waals surface area (Å²) in [6, 6.07) is 15.0. The van der Waals surface area contributed by atoms with Gasteiger partial charge in [0.1, 0.15) is 0 Å². The summed E-state index contributed by atoms with van der Waals surface area (Å²) < 4.78 is 2.00. The van der Waals surface area contributed by atoms with Crippen molar-refractivity contribution >= 4 is 5.65 Å². The smallest absolute Gasteiger partial charge is 0.156 e. The summed E-state index contributed by atoms with van der Waals surface area (Å²) in [6.45, 7) is 3.10. The Labute approximate surface area is 130 Å². The van der Waals surface area contributed by atoms with Crippen molar-refractivity contribution in [2.24, 2.45) is 0 Å². The molecule has 0 radical (unpaired) electrons. The van der Waals surface area contributed by atoms with Gasteiger partial charge in [-0.25, -0.2) is 9.50 Å². The Morgan fingerprint density at radius 2 is 2.00 bits per heavy atom. The van der Waals surface area contributed by atoms with Gasteiger partial charge in [-0.3, -0.25) is 0 Å². The first kappa shape index (κ1) is 13.5. The van der Waals surface area contributed by atoms with Gasteiger partial charge < -0.3 is 5.32 Å². The number of fused-ring (bicyclic) bond motifs is 1. The Morgan fingerprint density at radius 3 is 2.77 bits per heavy atom. The molecule has 22 heavy (non-hydrogen) atoms. The molecule has 1 aliphatic heterocycles. The molecule has 0 bridgehead atoms. The van der Waals surface area contributed by atoms with Gasteiger partial charge in [-0.15, -0.1) is 0 Å². The maximum atomic E-state index is 4.79. The van der Waals surface area contributed by atoms with E-state index in [1.807, 2.05) is 17.5 Å². The summed E-state index contributed by atoms with van der Waals surface area (Å²) in [5, 5.41) is 8.26. The molecule has 112 valence electrons. The highest BCUT2D eigenvalue weighted by Gasteiger charge is 2.20. The molecule has 3 heterocycles. The molecular formula is C18H20N4. The Hall–Kier alpha value is -2.20. The second-order valence-corrected chi connectivity index (χ2v) is 5.99. The highest BCUT2D eigenvalue weighted by molar-refractivity contribution is 5.62. The third kappa shape index (κ3) is 2.40. The number of aromatic nitrogens is 3. The lowest BCUT2D eigenvalue weighted by atomic mass is 10.0. The van der Waals surface area contributed by atoms with Crippen LogP contribution in [0.2, 0.25) is 0 Å². The Balaban J connectivity index is 1.89. The van der Waals surface area contributed by atoms with Gasteiger partial charge in [-0.2, -0.15) is 5.10 Å². The van der Waals surface area contributed by atoms with Gasteiger partial charge in [0.25, 0.3) is 0 Å². The predicted octanol–water partition coefficient (Wildman–Crippen LogP) is 3.52. The molecule has 0 spiro atoms. The van der Waals surface area contributed by atoms with Gasteiger partial charge in [0, 0.05) is 17.7 Å². The van der Waals surface area contributed by atoms with E-state index in [4.69, 9.17) is 4.98 Å². The summed E-state index contributed by atoms with van der Waals surface area (Å²) in [4.78, 5) is 4.79. The minimum atomic E-state index is 0.362. The van der Waals surface area contributed by atoms with Crippen LogP contribution in [-0.2, 0) is 0 Å². The van der Waals surface area contributed by atoms with Crippen molar-refractivity contribution in [2.45, 2.75) is 32.2 Å². The van der Waals surface area contributed by atoms with Crippen molar-refractivity contribution in [3.8, 4) is 11.3 Å². The van der Waals surface area contributed by atoms with E-state index in [2.05, 4.69) is 46.8 Å². The number of hydrogen-bond donors (Lipinski definition) is 1. The molecule has 0 saturated carbocycles. The average molecular weight is 292 g/mol. The molecule has 1 N–H and O–H groups in total. The predicted molar refractivity (Wildman–Crippen MR) is 87.8 cm³/mol. The Morgan fingerprint density at radius 1 is 1.14 bits per heavy atom. The van der Waals surface area contributed by atoms with Gasteiger partial charge in [0.2, 0.25) is 0 Å². The summed E-state index contributed by atoms with van der Waals surface area (Å²) in [6.07, 6.45) is 3.68. The van der Waals surface area contributed by atoms with Crippen molar-refractivity contribution in [1.82, 2.24) is 19.9 Å². The molecule has 1 fully saturated rings. The highest BCUT2D eigenvalue weighted by Crippen LogP contribution is 2.27. The number of nitrogens with zero attached hydrogens (tertiary/aromatic N) is 3. The topological polar surface area (TPSA) is 42.2 Å². The van der Waals surface area contributed by atoms with E-state index in [-0.39, 0.29) is 0 Å². The quantitative estimate of drug-likeness (QED) is 0.786. The summed E-state index contributed by atoms with van der Waals surface area (Å²) in [7, 11) is 0. The van der Waals surface area contributed by atoms with E-state index in [0.29, 0.717) is 6.04 Å². The maximum absolute atomic E-state index is 4.79. The molecule has 4 heteroatoms. The maximum Gasteiger partial charge on any atom is 0.156 e. The summed E-state index contributed by atoms with van der Waals surface area (Å²) >= 11 is 0. The second kappa shape index (κ2) is 5.54. The van der Waals surface area contributed by atoms with Crippen LogP contribution in [-0.4, -0.2) is 21.1 Å². The summed E-state index contributed by atoms with van der Waals surface area (Å²) in [5.41, 5.74) is 5.34. The van der Waals surface area contributed by atoms with E-state index < -0.39 is 0 Å². The van der Waals surface area contributed by atoms with Crippen LogP contribution in [0.3, 0.4) is 0 Å². The van der Waals surface area contributed by atoms with E-state index in [1.54, 1.807) is 0 Å². The number of nitrogens with one attached hydrogen (secondary N) is 1. The van der Waals surface area contributed by atoms with Gasteiger partial charge in [0.05, 0.1) is 17.1 Å². The molecule has 2 aromatic heterocycles. The number of rotatable bonds is 2. The lowest BCUT2D eigenvalue weighted by Crippen LogP contribution is -2.28. The molecule has 3 aromatic rings. The molecule has 1 atom stereocenters. The molecule has 1 unspecified atom stereocenters. The standard InChI is InChI=1S/C18H20N4/c1-13-11-18-20-16(14-7-3-2-4-8-14)12-17(22(18)21-13)15-9-5-6-10-19-15/h2-4,7-8,11-12,15,19H,5-6,9-10H2,1H3. The molecule has 1 aliphatic rings. The zero-order valence-corrected chi connectivity index (χ0v) is 12.8. The Bertz CT molecular complexity index is 785. The monoisotopic (exact) mass is 292 g/mol. The van der Waals surface area contributed by atoms with Crippen molar-refractivity contribution < 1.29 is 0 Å². The fourth-order valence-corrected chi connectivity index (χ4v) is 3.22. The minimum absolute atomic E-state index is 0.362. The molecule has 0 aliphatic carbocycles. The second-order valence-electron chi connectivity index (χ2n) is 5.99. The summed E-state index contributed by atoms with van der Waals surface area (Å²) in [5.74, 6) is 0. The van der Waals surface area contributed by atoms with Crippen LogP contribution in [0.5, 0.6) is 0 Å². The van der Waals surface area contributed by atoms with Crippen molar-refractivity contribution in [2.75, 3.05) is 6.54 Å². The minimum Gasteiger partial charge on any atom is -0.309 e. The van der Waals surface area contributed by atoms with Crippen LogP contribution in [0.1, 0.15) is 36.7 Å². The lowest BCUT2D eigenvalue weighted by molar-refractivity contribution is 0.399. The third-order valence-corrected chi connectivity index (χ3v) is 4.31. The van der Waals surface area contributed by atoms with Crippen molar-refractivity contribution in [3.05, 3.63) is 53.9 Å². The zero-order chi connectivity index (χ0) is 14.9. The van der Waals surface area contributed by atoms with Gasteiger partial charge in [0.15, 0.2) is 5.65 Å². The van der Waals surface area contributed by atoms with Gasteiger partial charge in [-0.1, -0.05) is 36.8 Å². The van der Waals surface area contributed by atoms with Crippen LogP contribution < -0.4 is 5.32 Å². The number of hydrogen-bond acceptors (Lipinski definition) is 3. The first-order chi connectivity index (χ1) is 10.8. The molecule has 4 rings (SSSR count). The van der Waals surface area contributed by atoms with Gasteiger partial charge in [-0.05, 0) is 32.4 Å². The fourth-order valence-electron chi connectivity index (χ4n) is 3.22. The zero-order valence-electron chi connectivity index (χ0n) is 12.8. The molecule has 1 aromatic carbocycles. The first-order valence-corrected chi connectivity index (χ1v) is 7.97. The van der Waals surface area contributed by atoms with E-state index in [9.17, 15) is 0 Å². The normalized spacial score (nSPS) is 18.7. The Kier molecular flexibility index (Phi) is 3.39. The van der Waals surface area contributed by atoms with Crippen LogP contribution in [0.25, 0.3) is 16.9 Å². The number of aryl methyl sites for hydroxylation is 1. The van der Waals surface area contributed by atoms with E-state index >= 15 is 0 Å². The molecular weight excluding hydrogens is 272 g/mol. The van der Waals surface area contributed by atoms with E-state index in [0.717, 1.165) is 35.6 Å². The van der Waals surface area contributed by atoms with Crippen LogP contribution >= 0.6 is 0 Å². The highest BCUT2D eigenvalue weighted by atomic mass is 15.3. The number of piperidine rings is 1. The molecule has 1 saturated heterocycles. The number of benzene rings is 1. The van der Waals surface area contributed by atoms with Crippen LogP contribution in [0, 0.1) is 6.92 Å². The first-order valence-electron chi connectivity index (χ1n) is 7.97. The molecule has 0 amide bonds. The fraction of sp³-hybridized carbons (Fsp3) is 0.333. The largest absolute Gasteiger partial charge is 0.309 e. The van der Waals surface area contributed by atoms with Gasteiger partial charge >= 0.3 is 0 Å². The average Bonchev–Trinajstić information content (AvgIpc) is 2.95. The third-order valence-electron chi connectivity index (χ3n) is 4.31. The van der Waals surface area contributed by atoms with Crippen LogP contribution in [0.15, 0.2) is 42.5 Å². The van der Waals surface area contributed by atoms with Crippen LogP contribution in [0.4, 0.5) is 0 Å². The lowest BCUT2D eigenvalue weighted by Gasteiger charge is -2.24.